The first-order valence-corrected chi connectivity index (χ1v) is 5.71. The first-order chi connectivity index (χ1) is 9.29. The zero-order chi connectivity index (χ0) is 13.5. The highest BCUT2D eigenvalue weighted by atomic mass is 16.5. The van der Waals surface area contributed by atoms with Gasteiger partial charge in [-0.05, 0) is 18.2 Å². The van der Waals surface area contributed by atoms with Gasteiger partial charge in [0.2, 0.25) is 0 Å². The molecule has 0 atom stereocenters. The van der Waals surface area contributed by atoms with Crippen LogP contribution in [0.15, 0.2) is 41.1 Å². The molecule has 1 heterocycles. The molecular formula is C14H12N2O3. The fraction of sp³-hybridized carbons (Fsp3) is 0.143. The summed E-state index contributed by atoms with van der Waals surface area (Å²) in [4.78, 5) is 11.7. The second-order valence-electron chi connectivity index (χ2n) is 3.69. The zero-order valence-electron chi connectivity index (χ0n) is 10.1. The number of benzene rings is 1. The molecule has 2 aromatic rings. The Morgan fingerprint density at radius 2 is 2.32 bits per heavy atom. The standard InChI is InChI=1S/C14H12N2O3/c17-8-2-1-4-11-5-3-6-12(10-11)15-14(18)13-7-9-19-16-13/h3,5-7,9-10,17H,2,8H2,(H,15,18). The van der Waals surface area contributed by atoms with E-state index in [1.54, 1.807) is 18.2 Å². The van der Waals surface area contributed by atoms with Crippen LogP contribution in [0, 0.1) is 11.8 Å². The third-order valence-corrected chi connectivity index (χ3v) is 2.26. The molecule has 0 saturated carbocycles. The second kappa shape index (κ2) is 6.38. The first-order valence-electron chi connectivity index (χ1n) is 5.71. The van der Waals surface area contributed by atoms with Crippen molar-refractivity contribution in [2.24, 2.45) is 0 Å². The second-order valence-corrected chi connectivity index (χ2v) is 3.69. The average Bonchev–Trinajstić information content (AvgIpc) is 2.93. The van der Waals surface area contributed by atoms with Crippen LogP contribution in [0.25, 0.3) is 0 Å². The van der Waals surface area contributed by atoms with Crippen molar-refractivity contribution < 1.29 is 14.4 Å². The minimum absolute atomic E-state index is 0.0373. The molecule has 1 aromatic heterocycles. The summed E-state index contributed by atoms with van der Waals surface area (Å²) in [7, 11) is 0. The molecule has 5 nitrogen and oxygen atoms in total. The summed E-state index contributed by atoms with van der Waals surface area (Å²) in [6, 6.07) is 8.62. The Morgan fingerprint density at radius 1 is 1.42 bits per heavy atom. The molecule has 1 aromatic carbocycles. The molecule has 1 amide bonds. The number of rotatable bonds is 3. The largest absolute Gasteiger partial charge is 0.395 e. The van der Waals surface area contributed by atoms with Gasteiger partial charge in [-0.3, -0.25) is 4.79 Å². The smallest absolute Gasteiger partial charge is 0.277 e. The average molecular weight is 256 g/mol. The normalized spacial score (nSPS) is 9.53. The van der Waals surface area contributed by atoms with E-state index in [1.165, 1.54) is 12.3 Å². The first kappa shape index (κ1) is 12.9. The van der Waals surface area contributed by atoms with Crippen LogP contribution in [0.2, 0.25) is 0 Å². The van der Waals surface area contributed by atoms with Crippen molar-refractivity contribution in [2.45, 2.75) is 6.42 Å². The van der Waals surface area contributed by atoms with E-state index in [1.807, 2.05) is 6.07 Å². The molecule has 0 aliphatic rings. The van der Waals surface area contributed by atoms with Gasteiger partial charge < -0.3 is 14.9 Å². The lowest BCUT2D eigenvalue weighted by molar-refractivity contribution is 0.101. The zero-order valence-corrected chi connectivity index (χ0v) is 10.1. The van der Waals surface area contributed by atoms with Crippen LogP contribution in [0.5, 0.6) is 0 Å². The van der Waals surface area contributed by atoms with Crippen molar-refractivity contribution >= 4 is 11.6 Å². The lowest BCUT2D eigenvalue weighted by Gasteiger charge is -2.02. The lowest BCUT2D eigenvalue weighted by Crippen LogP contribution is -2.12. The molecule has 96 valence electrons. The third-order valence-electron chi connectivity index (χ3n) is 2.26. The SMILES string of the molecule is O=C(Nc1cccc(C#CCCO)c1)c1ccon1. The molecule has 2 rings (SSSR count). The number of aromatic nitrogens is 1. The lowest BCUT2D eigenvalue weighted by atomic mass is 10.2. The molecule has 0 aliphatic carbocycles. The Hall–Kier alpha value is -2.58. The van der Waals surface area contributed by atoms with E-state index in [2.05, 4.69) is 26.8 Å². The predicted molar refractivity (Wildman–Crippen MR) is 69.5 cm³/mol. The number of aliphatic hydroxyl groups excluding tert-OH is 1. The van der Waals surface area contributed by atoms with E-state index in [-0.39, 0.29) is 18.2 Å². The molecule has 0 radical (unpaired) electrons. The molecule has 0 fully saturated rings. The monoisotopic (exact) mass is 256 g/mol. The van der Waals surface area contributed by atoms with Crippen LogP contribution >= 0.6 is 0 Å². The van der Waals surface area contributed by atoms with Crippen molar-refractivity contribution in [1.82, 2.24) is 5.16 Å². The topological polar surface area (TPSA) is 75.4 Å². The summed E-state index contributed by atoms with van der Waals surface area (Å²) >= 11 is 0. The highest BCUT2D eigenvalue weighted by Gasteiger charge is 2.08. The van der Waals surface area contributed by atoms with Crippen molar-refractivity contribution in [3.63, 3.8) is 0 Å². The number of carbonyl (C=O) groups excluding carboxylic acids is 1. The number of amides is 1. The number of hydrogen-bond acceptors (Lipinski definition) is 4. The minimum atomic E-state index is -0.339. The Bertz CT molecular complexity index is 609. The van der Waals surface area contributed by atoms with Gasteiger partial charge in [0.05, 0.1) is 6.61 Å². The van der Waals surface area contributed by atoms with E-state index in [0.717, 1.165) is 5.56 Å². The Labute approximate surface area is 110 Å². The van der Waals surface area contributed by atoms with Gasteiger partial charge in [0.1, 0.15) is 6.26 Å². The highest BCUT2D eigenvalue weighted by Crippen LogP contribution is 2.11. The fourth-order valence-corrected chi connectivity index (χ4v) is 1.42. The van der Waals surface area contributed by atoms with E-state index >= 15 is 0 Å². The summed E-state index contributed by atoms with van der Waals surface area (Å²) in [5, 5.41) is 14.9. The summed E-state index contributed by atoms with van der Waals surface area (Å²) in [6.45, 7) is 0.0373. The maximum Gasteiger partial charge on any atom is 0.277 e. The van der Waals surface area contributed by atoms with E-state index in [4.69, 9.17) is 5.11 Å². The van der Waals surface area contributed by atoms with Crippen LogP contribution < -0.4 is 5.32 Å². The Morgan fingerprint density at radius 3 is 3.05 bits per heavy atom. The molecule has 0 unspecified atom stereocenters. The molecule has 0 saturated heterocycles. The van der Waals surface area contributed by atoms with Gasteiger partial charge in [-0.15, -0.1) is 0 Å². The van der Waals surface area contributed by atoms with Crippen molar-refractivity contribution in [3.05, 3.63) is 47.9 Å². The number of anilines is 1. The highest BCUT2D eigenvalue weighted by molar-refractivity contribution is 6.02. The van der Waals surface area contributed by atoms with Gasteiger partial charge in [-0.1, -0.05) is 23.1 Å². The Kier molecular flexibility index (Phi) is 4.32. The van der Waals surface area contributed by atoms with Crippen LogP contribution in [-0.2, 0) is 0 Å². The van der Waals surface area contributed by atoms with Gasteiger partial charge in [-0.25, -0.2) is 0 Å². The summed E-state index contributed by atoms with van der Waals surface area (Å²) < 4.78 is 4.61. The molecule has 0 bridgehead atoms. The van der Waals surface area contributed by atoms with E-state index in [9.17, 15) is 4.79 Å². The van der Waals surface area contributed by atoms with Crippen molar-refractivity contribution in [1.29, 1.82) is 0 Å². The quantitative estimate of drug-likeness (QED) is 0.819. The third kappa shape index (κ3) is 3.69. The van der Waals surface area contributed by atoms with Crippen LogP contribution in [0.1, 0.15) is 22.5 Å². The fourth-order valence-electron chi connectivity index (χ4n) is 1.42. The molecular weight excluding hydrogens is 244 g/mol. The summed E-state index contributed by atoms with van der Waals surface area (Å²) in [5.41, 5.74) is 1.62. The summed E-state index contributed by atoms with van der Waals surface area (Å²) in [6.07, 6.45) is 1.77. The molecule has 0 spiro atoms. The van der Waals surface area contributed by atoms with Gasteiger partial charge in [-0.2, -0.15) is 0 Å². The van der Waals surface area contributed by atoms with Gasteiger partial charge in [0.25, 0.3) is 5.91 Å². The summed E-state index contributed by atoms with van der Waals surface area (Å²) in [5.74, 6) is 5.38. The van der Waals surface area contributed by atoms with Gasteiger partial charge in [0, 0.05) is 23.7 Å². The van der Waals surface area contributed by atoms with Crippen molar-refractivity contribution in [2.75, 3.05) is 11.9 Å². The number of carbonyl (C=O) groups is 1. The number of aliphatic hydroxyl groups is 1. The molecule has 2 N–H and O–H groups in total. The van der Waals surface area contributed by atoms with Gasteiger partial charge >= 0.3 is 0 Å². The van der Waals surface area contributed by atoms with Crippen molar-refractivity contribution in [3.8, 4) is 11.8 Å². The number of nitrogens with one attached hydrogen (secondary N) is 1. The number of nitrogens with zero attached hydrogens (tertiary/aromatic N) is 1. The molecule has 19 heavy (non-hydrogen) atoms. The minimum Gasteiger partial charge on any atom is -0.395 e. The maximum atomic E-state index is 11.7. The predicted octanol–water partition coefficient (Wildman–Crippen LogP) is 1.66. The maximum absolute atomic E-state index is 11.7. The molecule has 0 aliphatic heterocycles. The van der Waals surface area contributed by atoms with Crippen LogP contribution in [-0.4, -0.2) is 22.8 Å². The number of hydrogen-bond donors (Lipinski definition) is 2. The van der Waals surface area contributed by atoms with E-state index in [0.29, 0.717) is 12.1 Å². The Balaban J connectivity index is 2.07. The van der Waals surface area contributed by atoms with Crippen LogP contribution in [0.3, 0.4) is 0 Å². The van der Waals surface area contributed by atoms with E-state index < -0.39 is 0 Å². The van der Waals surface area contributed by atoms with Crippen LogP contribution in [0.4, 0.5) is 5.69 Å². The van der Waals surface area contributed by atoms with Gasteiger partial charge in [0.15, 0.2) is 5.69 Å². The molecule has 5 heteroatoms.